The molecule has 0 aromatic heterocycles. The predicted octanol–water partition coefficient (Wildman–Crippen LogP) is 1.94. The van der Waals surface area contributed by atoms with Crippen molar-refractivity contribution in [3.8, 4) is 5.75 Å². The fourth-order valence-electron chi connectivity index (χ4n) is 5.59. The molecule has 1 aromatic carbocycles. The van der Waals surface area contributed by atoms with Gasteiger partial charge in [-0.2, -0.15) is 0 Å². The maximum Gasteiger partial charge on any atom is 0.308 e. The smallest absolute Gasteiger partial charge is 0.308 e. The molecule has 1 fully saturated rings. The number of hydrogen-bond donors (Lipinski definition) is 2. The Labute approximate surface area is 214 Å². The Kier molecular flexibility index (Phi) is 10.1. The maximum absolute atomic E-state index is 13.3. The molecule has 1 saturated heterocycles. The summed E-state index contributed by atoms with van der Waals surface area (Å²) in [7, 11) is 0. The van der Waals surface area contributed by atoms with Crippen LogP contribution in [0.15, 0.2) is 18.2 Å². The average Bonchev–Trinajstić information content (AvgIpc) is 3.46. The van der Waals surface area contributed by atoms with Crippen LogP contribution in [-0.2, 0) is 20.8 Å². The number of nitrogens with two attached hydrogens (primary N) is 1. The number of nitrogens with zero attached hydrogens (tertiary/aromatic N) is 3. The van der Waals surface area contributed by atoms with Crippen LogP contribution < -0.4 is 10.5 Å². The van der Waals surface area contributed by atoms with Crippen LogP contribution in [0.3, 0.4) is 0 Å². The first-order valence-electron chi connectivity index (χ1n) is 13.3. The van der Waals surface area contributed by atoms with Crippen molar-refractivity contribution in [1.82, 2.24) is 14.7 Å². The summed E-state index contributed by atoms with van der Waals surface area (Å²) in [5.74, 6) is -0.994. The number of hydrogen-bond acceptors (Lipinski definition) is 6. The van der Waals surface area contributed by atoms with Crippen LogP contribution in [-0.4, -0.2) is 96.1 Å². The monoisotopic (exact) mass is 502 g/mol. The molecule has 2 heterocycles. The molecule has 0 bridgehead atoms. The zero-order chi connectivity index (χ0) is 26.2. The topological polar surface area (TPSA) is 116 Å². The lowest BCUT2D eigenvalue weighted by Crippen LogP contribution is -2.46. The fraction of sp³-hybridized carbons (Fsp3) is 0.667. The molecule has 0 saturated carbocycles. The van der Waals surface area contributed by atoms with E-state index >= 15 is 0 Å². The van der Waals surface area contributed by atoms with E-state index in [1.165, 1.54) is 6.92 Å². The molecule has 9 heteroatoms. The number of ether oxygens (including phenoxy) is 1. The van der Waals surface area contributed by atoms with E-state index in [0.29, 0.717) is 52.3 Å². The van der Waals surface area contributed by atoms with Gasteiger partial charge in [0.25, 0.3) is 0 Å². The van der Waals surface area contributed by atoms with E-state index in [-0.39, 0.29) is 30.3 Å². The molecule has 3 rings (SSSR count). The van der Waals surface area contributed by atoms with E-state index in [1.807, 2.05) is 24.0 Å². The second kappa shape index (κ2) is 13.1. The SMILES string of the molecule is CCCCN(CCN)C(=O)CN1C[C@H](c2ccc3c(c2)CCO3)[C@@H](C(=O)O)[C@@H]1CCN(CC)C(C)=O. The summed E-state index contributed by atoms with van der Waals surface area (Å²) in [4.78, 5) is 43.5. The zero-order valence-electron chi connectivity index (χ0n) is 21.9. The Morgan fingerprint density at radius 3 is 2.58 bits per heavy atom. The first kappa shape index (κ1) is 27.9. The lowest BCUT2D eigenvalue weighted by Gasteiger charge is -2.31. The van der Waals surface area contributed by atoms with Gasteiger partial charge in [-0.3, -0.25) is 19.3 Å². The molecule has 3 N–H and O–H groups in total. The first-order chi connectivity index (χ1) is 17.3. The van der Waals surface area contributed by atoms with E-state index in [4.69, 9.17) is 10.5 Å². The molecular weight excluding hydrogens is 460 g/mol. The number of carbonyl (C=O) groups excluding carboxylic acids is 2. The summed E-state index contributed by atoms with van der Waals surface area (Å²) in [5, 5.41) is 10.4. The molecule has 0 aliphatic carbocycles. The summed E-state index contributed by atoms with van der Waals surface area (Å²) >= 11 is 0. The molecule has 200 valence electrons. The Morgan fingerprint density at radius 1 is 1.17 bits per heavy atom. The van der Waals surface area contributed by atoms with E-state index in [1.54, 1.807) is 9.80 Å². The quantitative estimate of drug-likeness (QED) is 0.423. The van der Waals surface area contributed by atoms with Gasteiger partial charge in [-0.25, -0.2) is 0 Å². The van der Waals surface area contributed by atoms with E-state index in [0.717, 1.165) is 36.1 Å². The molecule has 9 nitrogen and oxygen atoms in total. The van der Waals surface area contributed by atoms with Crippen LogP contribution in [0, 0.1) is 5.92 Å². The van der Waals surface area contributed by atoms with Gasteiger partial charge in [0.15, 0.2) is 0 Å². The van der Waals surface area contributed by atoms with Crippen LogP contribution in [0.4, 0.5) is 0 Å². The average molecular weight is 503 g/mol. The number of carboxylic acids is 1. The normalized spacial score (nSPS) is 21.2. The van der Waals surface area contributed by atoms with Crippen molar-refractivity contribution in [3.63, 3.8) is 0 Å². The number of carboxylic acid groups (broad SMARTS) is 1. The predicted molar refractivity (Wildman–Crippen MR) is 138 cm³/mol. The second-order valence-electron chi connectivity index (χ2n) is 9.84. The summed E-state index contributed by atoms with van der Waals surface area (Å²) in [5.41, 5.74) is 7.84. The lowest BCUT2D eigenvalue weighted by atomic mass is 9.83. The fourth-order valence-corrected chi connectivity index (χ4v) is 5.59. The van der Waals surface area contributed by atoms with E-state index < -0.39 is 11.9 Å². The van der Waals surface area contributed by atoms with E-state index in [2.05, 4.69) is 13.0 Å². The minimum absolute atomic E-state index is 0.0232. The second-order valence-corrected chi connectivity index (χ2v) is 9.84. The lowest BCUT2D eigenvalue weighted by molar-refractivity contribution is -0.144. The molecule has 2 aliphatic heterocycles. The zero-order valence-corrected chi connectivity index (χ0v) is 21.9. The molecule has 0 unspecified atom stereocenters. The van der Waals surface area contributed by atoms with Gasteiger partial charge in [0.1, 0.15) is 5.75 Å². The van der Waals surface area contributed by atoms with Gasteiger partial charge in [0, 0.05) is 64.6 Å². The van der Waals surface area contributed by atoms with Gasteiger partial charge in [0.05, 0.1) is 19.1 Å². The highest BCUT2D eigenvalue weighted by Crippen LogP contribution is 2.41. The molecule has 36 heavy (non-hydrogen) atoms. The molecule has 0 radical (unpaired) electrons. The number of likely N-dealkylation sites (tertiary alicyclic amines) is 1. The van der Waals surface area contributed by atoms with Crippen LogP contribution in [0.1, 0.15) is 57.1 Å². The number of carbonyl (C=O) groups is 3. The van der Waals surface area contributed by atoms with Gasteiger partial charge >= 0.3 is 5.97 Å². The van der Waals surface area contributed by atoms with Gasteiger partial charge in [-0.05, 0) is 37.0 Å². The summed E-state index contributed by atoms with van der Waals surface area (Å²) in [6.45, 7) is 9.34. The van der Waals surface area contributed by atoms with Crippen LogP contribution >= 0.6 is 0 Å². The van der Waals surface area contributed by atoms with Crippen molar-refractivity contribution in [3.05, 3.63) is 29.3 Å². The van der Waals surface area contributed by atoms with Gasteiger partial charge < -0.3 is 25.4 Å². The number of fused-ring (bicyclic) bond motifs is 1. The minimum atomic E-state index is -0.868. The number of aliphatic carboxylic acids is 1. The number of rotatable bonds is 13. The molecule has 2 aliphatic rings. The third kappa shape index (κ3) is 6.56. The van der Waals surface area contributed by atoms with Crippen molar-refractivity contribution < 1.29 is 24.2 Å². The van der Waals surface area contributed by atoms with Crippen molar-refractivity contribution in [1.29, 1.82) is 0 Å². The van der Waals surface area contributed by atoms with Crippen molar-refractivity contribution in [2.75, 3.05) is 52.4 Å². The Hall–Kier alpha value is -2.65. The van der Waals surface area contributed by atoms with Crippen molar-refractivity contribution in [2.45, 2.75) is 58.4 Å². The van der Waals surface area contributed by atoms with Crippen molar-refractivity contribution >= 4 is 17.8 Å². The van der Waals surface area contributed by atoms with Crippen LogP contribution in [0.25, 0.3) is 0 Å². The maximum atomic E-state index is 13.3. The molecule has 3 atom stereocenters. The van der Waals surface area contributed by atoms with Gasteiger partial charge in [-0.1, -0.05) is 25.5 Å². The van der Waals surface area contributed by atoms with Gasteiger partial charge in [0.2, 0.25) is 11.8 Å². The highest BCUT2D eigenvalue weighted by molar-refractivity contribution is 5.79. The number of benzene rings is 1. The third-order valence-corrected chi connectivity index (χ3v) is 7.57. The van der Waals surface area contributed by atoms with E-state index in [9.17, 15) is 19.5 Å². The Balaban J connectivity index is 1.88. The minimum Gasteiger partial charge on any atom is -0.493 e. The highest BCUT2D eigenvalue weighted by Gasteiger charge is 2.47. The van der Waals surface area contributed by atoms with Crippen molar-refractivity contribution in [2.24, 2.45) is 11.7 Å². The summed E-state index contributed by atoms with van der Waals surface area (Å²) in [6.07, 6.45) is 3.18. The highest BCUT2D eigenvalue weighted by atomic mass is 16.5. The standard InChI is InChI=1S/C27H42N4O5/c1-4-6-12-30(14-11-28)25(33)18-31-17-22(20-7-8-24-21(16-20)10-15-36-24)26(27(34)35)23(31)9-13-29(5-2)19(3)32/h7-8,16,22-23,26H,4-6,9-15,17-18,28H2,1-3H3,(H,34,35)/t22-,23+,26-/m1/s1. The molecule has 1 aromatic rings. The number of amides is 2. The van der Waals surface area contributed by atoms with Crippen LogP contribution in [0.5, 0.6) is 5.75 Å². The Morgan fingerprint density at radius 2 is 1.94 bits per heavy atom. The first-order valence-corrected chi connectivity index (χ1v) is 13.3. The van der Waals surface area contributed by atoms with Crippen LogP contribution in [0.2, 0.25) is 0 Å². The third-order valence-electron chi connectivity index (χ3n) is 7.57. The molecular formula is C27H42N4O5. The molecule has 2 amide bonds. The summed E-state index contributed by atoms with van der Waals surface area (Å²) in [6, 6.07) is 5.60. The Bertz CT molecular complexity index is 923. The van der Waals surface area contributed by atoms with Gasteiger partial charge in [-0.15, -0.1) is 0 Å². The largest absolute Gasteiger partial charge is 0.493 e. The molecule has 0 spiro atoms. The number of unbranched alkanes of at least 4 members (excludes halogenated alkanes) is 1. The summed E-state index contributed by atoms with van der Waals surface area (Å²) < 4.78 is 5.64.